The number of aryl methyl sites for hydroxylation is 2. The van der Waals surface area contributed by atoms with Crippen molar-refractivity contribution in [2.45, 2.75) is 53.0 Å². The molecule has 1 rings (SSSR count). The summed E-state index contributed by atoms with van der Waals surface area (Å²) in [6.45, 7) is 8.81. The summed E-state index contributed by atoms with van der Waals surface area (Å²) in [4.78, 5) is 14.5. The molecule has 0 aliphatic carbocycles. The summed E-state index contributed by atoms with van der Waals surface area (Å²) in [7, 11) is 1.77. The van der Waals surface area contributed by atoms with Crippen LogP contribution in [0.4, 0.5) is 5.69 Å². The van der Waals surface area contributed by atoms with E-state index < -0.39 is 0 Å². The molecule has 2 N–H and O–H groups in total. The molecule has 5 nitrogen and oxygen atoms in total. The molecule has 19 heavy (non-hydrogen) atoms. The van der Waals surface area contributed by atoms with Crippen LogP contribution in [0.2, 0.25) is 0 Å². The SMILES string of the molecule is CCCCCN(C(=O)c1c(N)c(C)nn1C)C(C)C. The second kappa shape index (κ2) is 6.59. The standard InChI is InChI=1S/C14H26N4O/c1-6-7-8-9-18(10(2)3)14(19)13-12(15)11(4)16-17(13)5/h10H,6-9,15H2,1-5H3. The third-order valence-corrected chi connectivity index (χ3v) is 3.36. The van der Waals surface area contributed by atoms with Crippen LogP contribution in [0.15, 0.2) is 0 Å². The number of nitrogens with two attached hydrogens (primary N) is 1. The topological polar surface area (TPSA) is 64.2 Å². The molecule has 0 aliphatic heterocycles. The fourth-order valence-corrected chi connectivity index (χ4v) is 2.19. The Bertz CT molecular complexity index is 437. The molecule has 1 aromatic rings. The molecule has 0 fully saturated rings. The number of hydrogen-bond donors (Lipinski definition) is 1. The van der Waals surface area contributed by atoms with Crippen molar-refractivity contribution in [3.63, 3.8) is 0 Å². The fourth-order valence-electron chi connectivity index (χ4n) is 2.19. The number of carbonyl (C=O) groups is 1. The van der Waals surface area contributed by atoms with Crippen LogP contribution in [-0.2, 0) is 7.05 Å². The zero-order valence-corrected chi connectivity index (χ0v) is 12.7. The molecule has 108 valence electrons. The van der Waals surface area contributed by atoms with Gasteiger partial charge in [-0.25, -0.2) is 0 Å². The number of anilines is 1. The van der Waals surface area contributed by atoms with Crippen molar-refractivity contribution in [1.29, 1.82) is 0 Å². The van der Waals surface area contributed by atoms with E-state index in [-0.39, 0.29) is 11.9 Å². The van der Waals surface area contributed by atoms with Gasteiger partial charge in [0.1, 0.15) is 5.69 Å². The van der Waals surface area contributed by atoms with E-state index in [1.807, 2.05) is 25.7 Å². The van der Waals surface area contributed by atoms with Gasteiger partial charge in [-0.15, -0.1) is 0 Å². The maximum Gasteiger partial charge on any atom is 0.274 e. The Morgan fingerprint density at radius 2 is 2.05 bits per heavy atom. The minimum Gasteiger partial charge on any atom is -0.395 e. The van der Waals surface area contributed by atoms with Crippen molar-refractivity contribution in [1.82, 2.24) is 14.7 Å². The normalized spacial score (nSPS) is 11.1. The van der Waals surface area contributed by atoms with Gasteiger partial charge in [0.2, 0.25) is 0 Å². The van der Waals surface area contributed by atoms with E-state index in [0.717, 1.165) is 25.8 Å². The highest BCUT2D eigenvalue weighted by molar-refractivity contribution is 5.98. The van der Waals surface area contributed by atoms with E-state index in [9.17, 15) is 4.79 Å². The van der Waals surface area contributed by atoms with Crippen LogP contribution in [0.25, 0.3) is 0 Å². The molecule has 0 spiro atoms. The van der Waals surface area contributed by atoms with Gasteiger partial charge in [0, 0.05) is 19.6 Å². The highest BCUT2D eigenvalue weighted by Crippen LogP contribution is 2.19. The van der Waals surface area contributed by atoms with Crippen LogP contribution < -0.4 is 5.73 Å². The summed E-state index contributed by atoms with van der Waals surface area (Å²) in [5.74, 6) is -0.0216. The average molecular weight is 266 g/mol. The third-order valence-electron chi connectivity index (χ3n) is 3.36. The first-order valence-electron chi connectivity index (χ1n) is 7.00. The van der Waals surface area contributed by atoms with Gasteiger partial charge in [-0.1, -0.05) is 19.8 Å². The molecule has 0 bridgehead atoms. The molecule has 1 aromatic heterocycles. The van der Waals surface area contributed by atoms with Crippen LogP contribution in [-0.4, -0.2) is 33.2 Å². The molecule has 0 saturated heterocycles. The largest absolute Gasteiger partial charge is 0.395 e. The third kappa shape index (κ3) is 3.49. The first-order valence-corrected chi connectivity index (χ1v) is 7.00. The maximum atomic E-state index is 12.6. The van der Waals surface area contributed by atoms with Gasteiger partial charge in [0.25, 0.3) is 5.91 Å². The van der Waals surface area contributed by atoms with E-state index in [1.165, 1.54) is 0 Å². The van der Waals surface area contributed by atoms with Gasteiger partial charge in [-0.2, -0.15) is 5.10 Å². The summed E-state index contributed by atoms with van der Waals surface area (Å²) >= 11 is 0. The van der Waals surface area contributed by atoms with E-state index in [2.05, 4.69) is 12.0 Å². The summed E-state index contributed by atoms with van der Waals surface area (Å²) < 4.78 is 1.59. The lowest BCUT2D eigenvalue weighted by atomic mass is 10.2. The van der Waals surface area contributed by atoms with Gasteiger partial charge in [-0.3, -0.25) is 9.48 Å². The number of nitrogens with zero attached hydrogens (tertiary/aromatic N) is 3. The number of rotatable bonds is 6. The van der Waals surface area contributed by atoms with Crippen molar-refractivity contribution in [2.24, 2.45) is 7.05 Å². The monoisotopic (exact) mass is 266 g/mol. The zero-order valence-electron chi connectivity index (χ0n) is 12.7. The van der Waals surface area contributed by atoms with Crippen molar-refractivity contribution in [3.8, 4) is 0 Å². The Labute approximate surface area is 115 Å². The van der Waals surface area contributed by atoms with Crippen LogP contribution in [0.5, 0.6) is 0 Å². The van der Waals surface area contributed by atoms with E-state index >= 15 is 0 Å². The highest BCUT2D eigenvalue weighted by Gasteiger charge is 2.24. The molecule has 0 unspecified atom stereocenters. The first-order chi connectivity index (χ1) is 8.90. The van der Waals surface area contributed by atoms with E-state index in [0.29, 0.717) is 17.1 Å². The second-order valence-electron chi connectivity index (χ2n) is 5.27. The molecule has 1 amide bonds. The number of aromatic nitrogens is 2. The van der Waals surface area contributed by atoms with Crippen LogP contribution in [0, 0.1) is 6.92 Å². The second-order valence-corrected chi connectivity index (χ2v) is 5.27. The zero-order chi connectivity index (χ0) is 14.6. The Morgan fingerprint density at radius 3 is 2.47 bits per heavy atom. The van der Waals surface area contributed by atoms with Crippen molar-refractivity contribution < 1.29 is 4.79 Å². The summed E-state index contributed by atoms with van der Waals surface area (Å²) in [5.41, 5.74) is 7.67. The van der Waals surface area contributed by atoms with Gasteiger partial charge < -0.3 is 10.6 Å². The lowest BCUT2D eigenvalue weighted by Crippen LogP contribution is -2.39. The fraction of sp³-hybridized carbons (Fsp3) is 0.714. The Balaban J connectivity index is 2.93. The molecule has 5 heteroatoms. The number of hydrogen-bond acceptors (Lipinski definition) is 3. The smallest absolute Gasteiger partial charge is 0.274 e. The predicted octanol–water partition coefficient (Wildman–Crippen LogP) is 2.35. The number of unbranched alkanes of at least 4 members (excludes halogenated alkanes) is 2. The Kier molecular flexibility index (Phi) is 5.39. The Hall–Kier alpha value is -1.52. The molecule has 0 saturated carbocycles. The predicted molar refractivity (Wildman–Crippen MR) is 78.1 cm³/mol. The quantitative estimate of drug-likeness (QED) is 0.804. The summed E-state index contributed by atoms with van der Waals surface area (Å²) in [5, 5.41) is 4.21. The van der Waals surface area contributed by atoms with Crippen molar-refractivity contribution >= 4 is 11.6 Å². The highest BCUT2D eigenvalue weighted by atomic mass is 16.2. The minimum absolute atomic E-state index is 0.0216. The van der Waals surface area contributed by atoms with Gasteiger partial charge in [0.15, 0.2) is 0 Å². The lowest BCUT2D eigenvalue weighted by Gasteiger charge is -2.27. The van der Waals surface area contributed by atoms with Crippen LogP contribution in [0.3, 0.4) is 0 Å². The number of carbonyl (C=O) groups excluding carboxylic acids is 1. The molecule has 1 heterocycles. The molecular weight excluding hydrogens is 240 g/mol. The van der Waals surface area contributed by atoms with E-state index in [1.54, 1.807) is 11.7 Å². The summed E-state index contributed by atoms with van der Waals surface area (Å²) in [6.07, 6.45) is 3.31. The number of amides is 1. The molecular formula is C14H26N4O. The van der Waals surface area contributed by atoms with Crippen molar-refractivity contribution in [2.75, 3.05) is 12.3 Å². The van der Waals surface area contributed by atoms with Gasteiger partial charge in [-0.05, 0) is 27.2 Å². The van der Waals surface area contributed by atoms with Gasteiger partial charge in [0.05, 0.1) is 11.4 Å². The first kappa shape index (κ1) is 15.5. The summed E-state index contributed by atoms with van der Waals surface area (Å²) in [6, 6.07) is 0.166. The lowest BCUT2D eigenvalue weighted by molar-refractivity contribution is 0.0692. The van der Waals surface area contributed by atoms with Gasteiger partial charge >= 0.3 is 0 Å². The molecule has 0 aromatic carbocycles. The maximum absolute atomic E-state index is 12.6. The molecule has 0 aliphatic rings. The van der Waals surface area contributed by atoms with E-state index in [4.69, 9.17) is 5.73 Å². The van der Waals surface area contributed by atoms with Crippen molar-refractivity contribution in [3.05, 3.63) is 11.4 Å². The molecule has 0 atom stereocenters. The Morgan fingerprint density at radius 1 is 1.42 bits per heavy atom. The van der Waals surface area contributed by atoms with Crippen LogP contribution >= 0.6 is 0 Å². The number of nitrogen functional groups attached to an aromatic ring is 1. The molecule has 0 radical (unpaired) electrons. The average Bonchev–Trinajstić information content (AvgIpc) is 2.58. The van der Waals surface area contributed by atoms with Crippen LogP contribution in [0.1, 0.15) is 56.2 Å². The minimum atomic E-state index is -0.0216.